The second kappa shape index (κ2) is 8.88. The fourth-order valence-corrected chi connectivity index (χ4v) is 4.86. The first-order chi connectivity index (χ1) is 12.9. The third kappa shape index (κ3) is 5.11. The van der Waals surface area contributed by atoms with E-state index < -0.39 is 33.3 Å². The van der Waals surface area contributed by atoms with E-state index in [1.807, 2.05) is 28.7 Å². The second-order valence-electron chi connectivity index (χ2n) is 5.52. The van der Waals surface area contributed by atoms with Crippen LogP contribution in [0.25, 0.3) is 0 Å². The summed E-state index contributed by atoms with van der Waals surface area (Å²) in [5.74, 6) is -2.14. The quantitative estimate of drug-likeness (QED) is 0.398. The number of aromatic nitrogens is 1. The van der Waals surface area contributed by atoms with E-state index in [2.05, 4.69) is 10.3 Å². The first-order valence-corrected chi connectivity index (χ1v) is 10.7. The Kier molecular flexibility index (Phi) is 6.54. The molecule has 3 aromatic rings. The predicted molar refractivity (Wildman–Crippen MR) is 106 cm³/mol. The zero-order valence-electron chi connectivity index (χ0n) is 13.7. The molecule has 0 aliphatic heterocycles. The maximum absolute atomic E-state index is 14.1. The average Bonchev–Trinajstić information content (AvgIpc) is 2.63. The Morgan fingerprint density at radius 3 is 2.59 bits per heavy atom. The summed E-state index contributed by atoms with van der Waals surface area (Å²) in [4.78, 5) is 16.6. The second-order valence-corrected chi connectivity index (χ2v) is 9.26. The molecule has 0 aliphatic rings. The topological polar surface area (TPSA) is 42.0 Å². The van der Waals surface area contributed by atoms with E-state index in [1.165, 1.54) is 18.3 Å². The average molecular weight is 543 g/mol. The van der Waals surface area contributed by atoms with Crippen LogP contribution in [0.3, 0.4) is 0 Å². The van der Waals surface area contributed by atoms with Crippen molar-refractivity contribution in [2.24, 2.45) is 0 Å². The third-order valence-corrected chi connectivity index (χ3v) is 6.84. The zero-order valence-corrected chi connectivity index (χ0v) is 17.8. The molecule has 0 spiro atoms. The Bertz CT molecular complexity index is 1000. The first kappa shape index (κ1) is 19.9. The summed E-state index contributed by atoms with van der Waals surface area (Å²) < 4.78 is 42.8. The Labute approximate surface area is 174 Å². The van der Waals surface area contributed by atoms with Crippen LogP contribution in [-0.2, 0) is 6.54 Å². The van der Waals surface area contributed by atoms with Gasteiger partial charge in [0, 0.05) is 0 Å². The van der Waals surface area contributed by atoms with E-state index in [1.54, 1.807) is 18.3 Å². The fraction of sp³-hybridized carbons (Fsp3) is 0.0526. The van der Waals surface area contributed by atoms with E-state index >= 15 is 0 Å². The summed E-state index contributed by atoms with van der Waals surface area (Å²) in [5.41, 5.74) is 0.544. The molecule has 1 amide bonds. The van der Waals surface area contributed by atoms with Crippen LogP contribution in [0, 0.1) is 21.0 Å². The molecule has 0 unspecified atom stereocenters. The van der Waals surface area contributed by atoms with Crippen molar-refractivity contribution in [1.29, 1.82) is 0 Å². The minimum atomic E-state index is -0.792. The molecule has 27 heavy (non-hydrogen) atoms. The van der Waals surface area contributed by atoms with E-state index in [4.69, 9.17) is 0 Å². The van der Waals surface area contributed by atoms with Crippen molar-refractivity contribution in [2.45, 2.75) is 6.54 Å². The molecule has 0 saturated carbocycles. The molecule has 137 valence electrons. The molecule has 0 saturated heterocycles. The molecule has 3 rings (SSSR count). The summed E-state index contributed by atoms with van der Waals surface area (Å²) in [6.07, 6.45) is 3.02. The van der Waals surface area contributed by atoms with Crippen molar-refractivity contribution >= 4 is 53.0 Å². The Morgan fingerprint density at radius 2 is 1.85 bits per heavy atom. The van der Waals surface area contributed by atoms with Crippen molar-refractivity contribution in [2.75, 3.05) is 0 Å². The molecule has 3 nitrogen and oxygen atoms in total. The van der Waals surface area contributed by atoms with Crippen molar-refractivity contribution in [3.8, 4) is 0 Å². The van der Waals surface area contributed by atoms with Crippen molar-refractivity contribution in [3.63, 3.8) is 0 Å². The number of benzene rings is 2. The number of hydrogen-bond donors (Lipinski definition) is 1. The SMILES string of the molecule is O=C(NCc1ccc(F)cc1F)c1ccncc1[As]c1ccc(I)cc1F. The molecule has 8 heteroatoms. The van der Waals surface area contributed by atoms with E-state index in [-0.39, 0.29) is 17.9 Å². The number of pyridine rings is 1. The van der Waals surface area contributed by atoms with Crippen LogP contribution in [0.1, 0.15) is 15.9 Å². The van der Waals surface area contributed by atoms with Crippen LogP contribution < -0.4 is 14.0 Å². The Hall–Kier alpha value is -1.86. The van der Waals surface area contributed by atoms with Crippen molar-refractivity contribution in [1.82, 2.24) is 10.3 Å². The van der Waals surface area contributed by atoms with Gasteiger partial charge in [0.1, 0.15) is 0 Å². The van der Waals surface area contributed by atoms with Crippen LogP contribution in [-0.4, -0.2) is 26.6 Å². The van der Waals surface area contributed by atoms with Gasteiger partial charge in [-0.3, -0.25) is 0 Å². The van der Waals surface area contributed by atoms with Crippen LogP contribution in [0.2, 0.25) is 0 Å². The summed E-state index contributed by atoms with van der Waals surface area (Å²) in [6.45, 7) is -0.0822. The molecule has 0 fully saturated rings. The van der Waals surface area contributed by atoms with Crippen molar-refractivity contribution < 1.29 is 18.0 Å². The van der Waals surface area contributed by atoms with Crippen LogP contribution in [0.5, 0.6) is 0 Å². The van der Waals surface area contributed by atoms with Crippen LogP contribution in [0.4, 0.5) is 13.2 Å². The number of nitrogens with zero attached hydrogens (tertiary/aromatic N) is 1. The van der Waals surface area contributed by atoms with Gasteiger partial charge >= 0.3 is 175 Å². The molecule has 1 N–H and O–H groups in total. The molecule has 0 aliphatic carbocycles. The zero-order chi connectivity index (χ0) is 19.4. The summed E-state index contributed by atoms with van der Waals surface area (Å²) in [7, 11) is 0. The molecule has 1 heterocycles. The van der Waals surface area contributed by atoms with Gasteiger partial charge in [-0.05, 0) is 0 Å². The van der Waals surface area contributed by atoms with E-state index in [0.29, 0.717) is 14.3 Å². The number of amides is 1. The van der Waals surface area contributed by atoms with Gasteiger partial charge in [0.15, 0.2) is 0 Å². The van der Waals surface area contributed by atoms with Gasteiger partial charge in [-0.15, -0.1) is 0 Å². The third-order valence-electron chi connectivity index (χ3n) is 3.65. The van der Waals surface area contributed by atoms with E-state index in [9.17, 15) is 18.0 Å². The summed E-state index contributed by atoms with van der Waals surface area (Å²) >= 11 is 1.24. The number of hydrogen-bond acceptors (Lipinski definition) is 2. The first-order valence-electron chi connectivity index (χ1n) is 7.77. The van der Waals surface area contributed by atoms with E-state index in [0.717, 1.165) is 15.7 Å². The van der Waals surface area contributed by atoms with Gasteiger partial charge in [-0.25, -0.2) is 0 Å². The number of rotatable bonds is 5. The van der Waals surface area contributed by atoms with Gasteiger partial charge < -0.3 is 0 Å². The molecule has 1 aromatic heterocycles. The predicted octanol–water partition coefficient (Wildman–Crippen LogP) is 2.69. The minimum absolute atomic E-state index is 0.0822. The molecule has 2 aromatic carbocycles. The maximum atomic E-state index is 14.1. The standard InChI is InChI=1S/C19H12AsF3IN2O/c21-12-2-1-11(17(22)7-12)9-26-19(27)14-5-6-25-10-16(14)20-15-4-3-13(24)8-18(15)23/h1-8,10H,9H2,(H,26,27). The van der Waals surface area contributed by atoms with Gasteiger partial charge in [0.2, 0.25) is 0 Å². The van der Waals surface area contributed by atoms with Gasteiger partial charge in [0.25, 0.3) is 0 Å². The Balaban J connectivity index is 1.77. The van der Waals surface area contributed by atoms with Gasteiger partial charge in [-0.1, -0.05) is 0 Å². The number of halogens is 4. The molecule has 1 radical (unpaired) electrons. The molecular formula is C19H12AsF3IN2O. The van der Waals surface area contributed by atoms with Gasteiger partial charge in [0.05, 0.1) is 0 Å². The van der Waals surface area contributed by atoms with Crippen molar-refractivity contribution in [3.05, 3.63) is 87.0 Å². The summed E-state index contributed by atoms with van der Waals surface area (Å²) in [5, 5.41) is 2.62. The molecule has 0 bridgehead atoms. The monoisotopic (exact) mass is 543 g/mol. The van der Waals surface area contributed by atoms with Gasteiger partial charge in [-0.2, -0.15) is 0 Å². The number of nitrogens with one attached hydrogen (secondary N) is 1. The normalized spacial score (nSPS) is 11.1. The molecule has 0 atom stereocenters. The fourth-order valence-electron chi connectivity index (χ4n) is 2.30. The summed E-state index contributed by atoms with van der Waals surface area (Å²) in [6, 6.07) is 9.69. The number of carbonyl (C=O) groups is 1. The van der Waals surface area contributed by atoms with Crippen LogP contribution in [0.15, 0.2) is 54.9 Å². The van der Waals surface area contributed by atoms with Crippen LogP contribution >= 0.6 is 22.6 Å². The molecular weight excluding hydrogens is 531 g/mol. The Morgan fingerprint density at radius 1 is 1.04 bits per heavy atom. The number of carbonyl (C=O) groups excluding carboxylic acids is 1.